The number of hydrogen-bond acceptors (Lipinski definition) is 4. The highest BCUT2D eigenvalue weighted by Gasteiger charge is 2.06. The molecule has 2 rings (SSSR count). The van der Waals surface area contributed by atoms with Gasteiger partial charge in [0.05, 0.1) is 0 Å². The van der Waals surface area contributed by atoms with Crippen LogP contribution in [0.2, 0.25) is 5.15 Å². The maximum Gasteiger partial charge on any atom is 0.255 e. The monoisotopic (exact) mass is 211 g/mol. The van der Waals surface area contributed by atoms with Gasteiger partial charge in [-0.3, -0.25) is 0 Å². The summed E-state index contributed by atoms with van der Waals surface area (Å²) >= 11 is 5.83. The van der Waals surface area contributed by atoms with Crippen LogP contribution in [0.4, 0.5) is 5.82 Å². The standard InChI is InChI=1S/C8H10ClN5/c1-5(2)12-7-3-6(9)13-8-10-4-11-14(7)8/h3-5,12H,1-2H3. The molecule has 2 aromatic rings. The van der Waals surface area contributed by atoms with E-state index in [4.69, 9.17) is 11.6 Å². The molecule has 0 aliphatic heterocycles. The molecule has 0 aliphatic rings. The molecule has 0 aromatic carbocycles. The largest absolute Gasteiger partial charge is 0.368 e. The number of fused-ring (bicyclic) bond motifs is 1. The molecule has 0 saturated carbocycles. The molecule has 74 valence electrons. The summed E-state index contributed by atoms with van der Waals surface area (Å²) in [4.78, 5) is 7.98. The van der Waals surface area contributed by atoms with E-state index in [0.717, 1.165) is 5.82 Å². The molecular weight excluding hydrogens is 202 g/mol. The summed E-state index contributed by atoms with van der Waals surface area (Å²) in [5.41, 5.74) is 0. The van der Waals surface area contributed by atoms with Gasteiger partial charge in [-0.1, -0.05) is 11.6 Å². The number of halogens is 1. The second-order valence-corrected chi connectivity index (χ2v) is 3.62. The molecule has 0 atom stereocenters. The first-order valence-electron chi connectivity index (χ1n) is 4.29. The Morgan fingerprint density at radius 3 is 3.00 bits per heavy atom. The Morgan fingerprint density at radius 2 is 2.29 bits per heavy atom. The molecule has 0 saturated heterocycles. The van der Waals surface area contributed by atoms with E-state index in [1.54, 1.807) is 10.6 Å². The minimum absolute atomic E-state index is 0.306. The van der Waals surface area contributed by atoms with Gasteiger partial charge in [-0.15, -0.1) is 0 Å². The molecule has 0 fully saturated rings. The highest BCUT2D eigenvalue weighted by Crippen LogP contribution is 2.14. The summed E-state index contributed by atoms with van der Waals surface area (Å²) in [5.74, 6) is 1.30. The van der Waals surface area contributed by atoms with Crippen LogP contribution in [0.1, 0.15) is 13.8 Å². The lowest BCUT2D eigenvalue weighted by atomic mass is 10.4. The van der Waals surface area contributed by atoms with Crippen molar-refractivity contribution in [2.24, 2.45) is 0 Å². The number of rotatable bonds is 2. The fourth-order valence-corrected chi connectivity index (χ4v) is 1.36. The van der Waals surface area contributed by atoms with Gasteiger partial charge in [-0.05, 0) is 13.8 Å². The van der Waals surface area contributed by atoms with E-state index in [2.05, 4.69) is 20.4 Å². The molecule has 0 radical (unpaired) electrons. The summed E-state index contributed by atoms with van der Waals surface area (Å²) < 4.78 is 1.62. The van der Waals surface area contributed by atoms with E-state index in [1.165, 1.54) is 6.33 Å². The van der Waals surface area contributed by atoms with Crippen molar-refractivity contribution in [1.29, 1.82) is 0 Å². The zero-order chi connectivity index (χ0) is 10.1. The van der Waals surface area contributed by atoms with Crippen molar-refractivity contribution in [1.82, 2.24) is 19.6 Å². The van der Waals surface area contributed by atoms with Gasteiger partial charge in [0.25, 0.3) is 5.78 Å². The lowest BCUT2D eigenvalue weighted by Crippen LogP contribution is -2.13. The molecule has 0 bridgehead atoms. The van der Waals surface area contributed by atoms with Crippen LogP contribution in [0.3, 0.4) is 0 Å². The molecule has 0 unspecified atom stereocenters. The summed E-state index contributed by atoms with van der Waals surface area (Å²) in [6.07, 6.45) is 1.45. The van der Waals surface area contributed by atoms with E-state index in [9.17, 15) is 0 Å². The van der Waals surface area contributed by atoms with Crippen LogP contribution in [-0.4, -0.2) is 25.6 Å². The quantitative estimate of drug-likeness (QED) is 0.767. The third-order valence-electron chi connectivity index (χ3n) is 1.66. The Morgan fingerprint density at radius 1 is 1.50 bits per heavy atom. The van der Waals surface area contributed by atoms with E-state index in [0.29, 0.717) is 17.0 Å². The highest BCUT2D eigenvalue weighted by atomic mass is 35.5. The molecule has 14 heavy (non-hydrogen) atoms. The first-order valence-corrected chi connectivity index (χ1v) is 4.67. The Balaban J connectivity index is 2.55. The van der Waals surface area contributed by atoms with Crippen molar-refractivity contribution < 1.29 is 0 Å². The molecule has 0 aliphatic carbocycles. The SMILES string of the molecule is CC(C)Nc1cc(Cl)nc2ncnn12. The molecule has 2 aromatic heterocycles. The third-order valence-corrected chi connectivity index (χ3v) is 1.85. The fourth-order valence-electron chi connectivity index (χ4n) is 1.18. The molecule has 0 amide bonds. The Kier molecular flexibility index (Phi) is 2.25. The van der Waals surface area contributed by atoms with Crippen molar-refractivity contribution in [3.63, 3.8) is 0 Å². The summed E-state index contributed by atoms with van der Waals surface area (Å²) in [7, 11) is 0. The van der Waals surface area contributed by atoms with Gasteiger partial charge in [0.15, 0.2) is 0 Å². The molecule has 1 N–H and O–H groups in total. The zero-order valence-electron chi connectivity index (χ0n) is 7.90. The third kappa shape index (κ3) is 1.63. The van der Waals surface area contributed by atoms with Gasteiger partial charge in [0.1, 0.15) is 17.3 Å². The molecule has 6 heteroatoms. The van der Waals surface area contributed by atoms with Crippen LogP contribution in [0, 0.1) is 0 Å². The van der Waals surface area contributed by atoms with Crippen LogP contribution < -0.4 is 5.32 Å². The Hall–Kier alpha value is -1.36. The molecule has 2 heterocycles. The summed E-state index contributed by atoms with van der Waals surface area (Å²) in [5, 5.41) is 7.66. The number of hydrogen-bond donors (Lipinski definition) is 1. The van der Waals surface area contributed by atoms with Gasteiger partial charge in [0.2, 0.25) is 0 Å². The van der Waals surface area contributed by atoms with Crippen molar-refractivity contribution in [2.75, 3.05) is 5.32 Å². The number of anilines is 1. The maximum absolute atomic E-state index is 5.83. The van der Waals surface area contributed by atoms with Gasteiger partial charge in [-0.2, -0.15) is 19.6 Å². The van der Waals surface area contributed by atoms with Crippen molar-refractivity contribution in [2.45, 2.75) is 19.9 Å². The predicted octanol–water partition coefficient (Wildman–Crippen LogP) is 1.60. The normalized spacial score (nSPS) is 11.1. The predicted molar refractivity (Wildman–Crippen MR) is 54.6 cm³/mol. The minimum atomic E-state index is 0.306. The van der Waals surface area contributed by atoms with Crippen molar-refractivity contribution in [3.8, 4) is 0 Å². The van der Waals surface area contributed by atoms with E-state index in [1.807, 2.05) is 13.8 Å². The zero-order valence-corrected chi connectivity index (χ0v) is 8.65. The van der Waals surface area contributed by atoms with Crippen LogP contribution in [0.5, 0.6) is 0 Å². The number of nitrogens with one attached hydrogen (secondary N) is 1. The molecular formula is C8H10ClN5. The lowest BCUT2D eigenvalue weighted by molar-refractivity contribution is 0.851. The van der Waals surface area contributed by atoms with Crippen LogP contribution >= 0.6 is 11.6 Å². The second kappa shape index (κ2) is 3.42. The molecule has 5 nitrogen and oxygen atoms in total. The highest BCUT2D eigenvalue weighted by molar-refractivity contribution is 6.29. The van der Waals surface area contributed by atoms with Crippen LogP contribution in [0.15, 0.2) is 12.4 Å². The average Bonchev–Trinajstić information content (AvgIpc) is 2.50. The van der Waals surface area contributed by atoms with Gasteiger partial charge in [-0.25, -0.2) is 0 Å². The fraction of sp³-hybridized carbons (Fsp3) is 0.375. The number of nitrogens with zero attached hydrogens (tertiary/aromatic N) is 4. The minimum Gasteiger partial charge on any atom is -0.368 e. The van der Waals surface area contributed by atoms with Gasteiger partial charge < -0.3 is 5.32 Å². The summed E-state index contributed by atoms with van der Waals surface area (Å²) in [6.45, 7) is 4.08. The van der Waals surface area contributed by atoms with Gasteiger partial charge >= 0.3 is 0 Å². The van der Waals surface area contributed by atoms with E-state index < -0.39 is 0 Å². The summed E-state index contributed by atoms with van der Waals surface area (Å²) in [6, 6.07) is 2.03. The van der Waals surface area contributed by atoms with E-state index >= 15 is 0 Å². The topological polar surface area (TPSA) is 55.1 Å². The van der Waals surface area contributed by atoms with Crippen LogP contribution in [0.25, 0.3) is 5.78 Å². The van der Waals surface area contributed by atoms with Gasteiger partial charge in [0, 0.05) is 12.1 Å². The van der Waals surface area contributed by atoms with E-state index in [-0.39, 0.29) is 0 Å². The first kappa shape index (κ1) is 9.21. The van der Waals surface area contributed by atoms with Crippen molar-refractivity contribution in [3.05, 3.63) is 17.5 Å². The van der Waals surface area contributed by atoms with Crippen molar-refractivity contribution >= 4 is 23.2 Å². The number of aromatic nitrogens is 4. The Bertz CT molecular complexity index is 450. The molecule has 0 spiro atoms. The smallest absolute Gasteiger partial charge is 0.255 e. The second-order valence-electron chi connectivity index (χ2n) is 3.23. The Labute approximate surface area is 86.1 Å². The maximum atomic E-state index is 5.83. The average molecular weight is 212 g/mol. The first-order chi connectivity index (χ1) is 6.66. The lowest BCUT2D eigenvalue weighted by Gasteiger charge is -2.10. The van der Waals surface area contributed by atoms with Crippen LogP contribution in [-0.2, 0) is 0 Å².